The van der Waals surface area contributed by atoms with Gasteiger partial charge in [-0.2, -0.15) is 0 Å². The number of anilines is 1. The summed E-state index contributed by atoms with van der Waals surface area (Å²) >= 11 is 1.37. The van der Waals surface area contributed by atoms with Crippen LogP contribution in [0.15, 0.2) is 42.5 Å². The van der Waals surface area contributed by atoms with Crippen LogP contribution in [-0.2, 0) is 11.2 Å². The van der Waals surface area contributed by atoms with Crippen LogP contribution in [0.3, 0.4) is 0 Å². The highest BCUT2D eigenvalue weighted by atomic mass is 32.1. The van der Waals surface area contributed by atoms with E-state index >= 15 is 0 Å². The second-order valence-corrected chi connectivity index (χ2v) is 7.28. The van der Waals surface area contributed by atoms with Crippen LogP contribution in [0.4, 0.5) is 5.13 Å². The number of carbonyl (C=O) groups is 1. The van der Waals surface area contributed by atoms with Crippen molar-refractivity contribution < 1.29 is 14.3 Å². The molecule has 0 bridgehead atoms. The van der Waals surface area contributed by atoms with E-state index < -0.39 is 0 Å². The van der Waals surface area contributed by atoms with Gasteiger partial charge >= 0.3 is 0 Å². The van der Waals surface area contributed by atoms with Crippen LogP contribution < -0.4 is 14.8 Å². The van der Waals surface area contributed by atoms with Crippen molar-refractivity contribution in [2.24, 2.45) is 0 Å². The molecule has 0 aliphatic carbocycles. The van der Waals surface area contributed by atoms with Crippen molar-refractivity contribution in [3.63, 3.8) is 0 Å². The van der Waals surface area contributed by atoms with Gasteiger partial charge in [-0.15, -0.1) is 10.2 Å². The fourth-order valence-corrected chi connectivity index (χ4v) is 3.53. The van der Waals surface area contributed by atoms with E-state index in [1.807, 2.05) is 49.4 Å². The highest BCUT2D eigenvalue weighted by Gasteiger charge is 2.13. The number of benzene rings is 2. The summed E-state index contributed by atoms with van der Waals surface area (Å²) in [5, 5.41) is 12.4. The number of nitrogens with one attached hydrogen (secondary N) is 1. The van der Waals surface area contributed by atoms with Crippen molar-refractivity contribution in [1.29, 1.82) is 0 Å². The number of carbonyl (C=O) groups excluding carboxylic acids is 1. The fraction of sp³-hybridized carbons (Fsp3) is 0.250. The molecule has 3 aromatic rings. The van der Waals surface area contributed by atoms with Crippen molar-refractivity contribution in [3.05, 3.63) is 53.6 Å². The zero-order valence-electron chi connectivity index (χ0n) is 14.9. The van der Waals surface area contributed by atoms with Crippen LogP contribution in [0, 0.1) is 6.92 Å². The molecule has 0 saturated carbocycles. The largest absolute Gasteiger partial charge is 0.486 e. The minimum Gasteiger partial charge on any atom is -0.486 e. The van der Waals surface area contributed by atoms with Crippen LogP contribution in [-0.4, -0.2) is 29.3 Å². The van der Waals surface area contributed by atoms with Crippen molar-refractivity contribution >= 4 is 22.4 Å². The number of ether oxygens (including phenoxy) is 2. The van der Waals surface area contributed by atoms with Crippen LogP contribution >= 0.6 is 11.3 Å². The SMILES string of the molecule is Cc1ccc(-c2nnc(NC(=O)CCc3ccc4c(c3)OCCO4)s2)cc1. The molecule has 1 N–H and O–H groups in total. The van der Waals surface area contributed by atoms with E-state index in [0.29, 0.717) is 31.2 Å². The molecule has 1 aliphatic heterocycles. The molecule has 0 radical (unpaired) electrons. The fourth-order valence-electron chi connectivity index (χ4n) is 2.77. The van der Waals surface area contributed by atoms with E-state index in [4.69, 9.17) is 9.47 Å². The van der Waals surface area contributed by atoms with Gasteiger partial charge < -0.3 is 14.8 Å². The van der Waals surface area contributed by atoms with Gasteiger partial charge in [-0.3, -0.25) is 4.79 Å². The second-order valence-electron chi connectivity index (χ2n) is 6.30. The lowest BCUT2D eigenvalue weighted by Gasteiger charge is -2.18. The van der Waals surface area contributed by atoms with Crippen molar-refractivity contribution in [1.82, 2.24) is 10.2 Å². The molecule has 138 valence electrons. The maximum atomic E-state index is 12.2. The highest BCUT2D eigenvalue weighted by Crippen LogP contribution is 2.31. The van der Waals surface area contributed by atoms with Gasteiger partial charge in [0.05, 0.1) is 0 Å². The van der Waals surface area contributed by atoms with E-state index in [-0.39, 0.29) is 5.91 Å². The van der Waals surface area contributed by atoms with E-state index in [1.165, 1.54) is 16.9 Å². The van der Waals surface area contributed by atoms with Gasteiger partial charge in [-0.1, -0.05) is 47.2 Å². The molecule has 6 nitrogen and oxygen atoms in total. The number of rotatable bonds is 5. The predicted molar refractivity (Wildman–Crippen MR) is 104 cm³/mol. The number of fused-ring (bicyclic) bond motifs is 1. The first-order valence-corrected chi connectivity index (χ1v) is 9.58. The first-order valence-electron chi connectivity index (χ1n) is 8.76. The molecule has 7 heteroatoms. The quantitative estimate of drug-likeness (QED) is 0.727. The first kappa shape index (κ1) is 17.5. The van der Waals surface area contributed by atoms with Gasteiger partial charge in [-0.05, 0) is 31.0 Å². The molecule has 2 aromatic carbocycles. The van der Waals surface area contributed by atoms with Gasteiger partial charge in [0.2, 0.25) is 11.0 Å². The monoisotopic (exact) mass is 381 g/mol. The normalized spacial score (nSPS) is 12.6. The molecule has 0 atom stereocenters. The third kappa shape index (κ3) is 4.25. The summed E-state index contributed by atoms with van der Waals surface area (Å²) in [4.78, 5) is 12.2. The Bertz CT molecular complexity index is 953. The zero-order chi connectivity index (χ0) is 18.6. The van der Waals surface area contributed by atoms with E-state index in [0.717, 1.165) is 27.6 Å². The third-order valence-electron chi connectivity index (χ3n) is 4.22. The van der Waals surface area contributed by atoms with E-state index in [2.05, 4.69) is 15.5 Å². The number of aryl methyl sites for hydroxylation is 2. The number of hydrogen-bond donors (Lipinski definition) is 1. The van der Waals surface area contributed by atoms with Crippen molar-refractivity contribution in [2.75, 3.05) is 18.5 Å². The summed E-state index contributed by atoms with van der Waals surface area (Å²) in [7, 11) is 0. The van der Waals surface area contributed by atoms with Gasteiger partial charge in [0.25, 0.3) is 0 Å². The molecule has 0 unspecified atom stereocenters. The Morgan fingerprint density at radius 1 is 1.07 bits per heavy atom. The van der Waals surface area contributed by atoms with E-state index in [1.54, 1.807) is 0 Å². The average Bonchev–Trinajstić information content (AvgIpc) is 3.15. The molecule has 0 fully saturated rings. The van der Waals surface area contributed by atoms with Crippen molar-refractivity contribution in [2.45, 2.75) is 19.8 Å². The lowest BCUT2D eigenvalue weighted by molar-refractivity contribution is -0.116. The Kier molecular flexibility index (Phi) is 5.02. The maximum Gasteiger partial charge on any atom is 0.226 e. The Morgan fingerprint density at radius 3 is 2.67 bits per heavy atom. The van der Waals surface area contributed by atoms with E-state index in [9.17, 15) is 4.79 Å². The molecule has 2 heterocycles. The molecule has 0 spiro atoms. The predicted octanol–water partition coefficient (Wildman–Crippen LogP) is 3.86. The molecular formula is C20H19N3O3S. The van der Waals surface area contributed by atoms with Crippen LogP contribution in [0.1, 0.15) is 17.5 Å². The molecule has 0 saturated heterocycles. The van der Waals surface area contributed by atoms with Crippen LogP contribution in [0.2, 0.25) is 0 Å². The number of amides is 1. The summed E-state index contributed by atoms with van der Waals surface area (Å²) in [5.41, 5.74) is 3.22. The van der Waals surface area contributed by atoms with Crippen molar-refractivity contribution in [3.8, 4) is 22.1 Å². The number of hydrogen-bond acceptors (Lipinski definition) is 6. The lowest BCUT2D eigenvalue weighted by atomic mass is 10.1. The van der Waals surface area contributed by atoms with Gasteiger partial charge in [-0.25, -0.2) is 0 Å². The first-order chi connectivity index (χ1) is 13.2. The Morgan fingerprint density at radius 2 is 1.85 bits per heavy atom. The third-order valence-corrected chi connectivity index (χ3v) is 5.10. The summed E-state index contributed by atoms with van der Waals surface area (Å²) in [6.45, 7) is 3.16. The molecule has 27 heavy (non-hydrogen) atoms. The molecule has 1 aromatic heterocycles. The van der Waals surface area contributed by atoms with Gasteiger partial charge in [0.15, 0.2) is 11.5 Å². The summed E-state index contributed by atoms with van der Waals surface area (Å²) in [6.07, 6.45) is 0.977. The van der Waals surface area contributed by atoms with Gasteiger partial charge in [0, 0.05) is 12.0 Å². The standard InChI is InChI=1S/C20H19N3O3S/c1-13-2-6-15(7-3-13)19-22-23-20(27-19)21-18(24)9-5-14-4-8-16-17(12-14)26-11-10-25-16/h2-4,6-8,12H,5,9-11H2,1H3,(H,21,23,24). The molecule has 4 rings (SSSR count). The molecule has 1 amide bonds. The highest BCUT2D eigenvalue weighted by molar-refractivity contribution is 7.18. The average molecular weight is 381 g/mol. The Labute approximate surface area is 161 Å². The topological polar surface area (TPSA) is 73.3 Å². The smallest absolute Gasteiger partial charge is 0.226 e. The summed E-state index contributed by atoms with van der Waals surface area (Å²) < 4.78 is 11.1. The summed E-state index contributed by atoms with van der Waals surface area (Å²) in [6, 6.07) is 13.8. The number of nitrogens with zero attached hydrogens (tertiary/aromatic N) is 2. The zero-order valence-corrected chi connectivity index (χ0v) is 15.7. The second kappa shape index (κ2) is 7.75. The Balaban J connectivity index is 1.34. The van der Waals surface area contributed by atoms with Crippen LogP contribution in [0.25, 0.3) is 10.6 Å². The maximum absolute atomic E-state index is 12.2. The lowest BCUT2D eigenvalue weighted by Crippen LogP contribution is -2.15. The molecular weight excluding hydrogens is 362 g/mol. The number of aromatic nitrogens is 2. The molecule has 1 aliphatic rings. The van der Waals surface area contributed by atoms with Crippen LogP contribution in [0.5, 0.6) is 11.5 Å². The van der Waals surface area contributed by atoms with Gasteiger partial charge in [0.1, 0.15) is 18.2 Å². The summed E-state index contributed by atoms with van der Waals surface area (Å²) in [5.74, 6) is 1.41. The minimum absolute atomic E-state index is 0.0866. The minimum atomic E-state index is -0.0866. The Hall–Kier alpha value is -2.93.